The SMILES string of the molecule is COc1ccc(-n2cc(C(O)(CN3CCC(Oc4c(OC)cc(CCC(=O)O)cc4OC)CC3)C(F)(F)F)c3ccc([N+](=O)[O-])cc32)cc1. The van der Waals surface area contributed by atoms with Crippen LogP contribution in [0.25, 0.3) is 16.6 Å². The molecule has 1 saturated heterocycles. The molecule has 49 heavy (non-hydrogen) atoms. The van der Waals surface area contributed by atoms with Crippen LogP contribution in [-0.4, -0.2) is 83.8 Å². The van der Waals surface area contributed by atoms with Crippen molar-refractivity contribution in [3.8, 4) is 28.7 Å². The van der Waals surface area contributed by atoms with Crippen LogP contribution in [0, 0.1) is 10.1 Å². The van der Waals surface area contributed by atoms with Crippen LogP contribution in [0.15, 0.2) is 60.8 Å². The number of aromatic nitrogens is 1. The number of alkyl halides is 3. The average molecular weight is 688 g/mol. The van der Waals surface area contributed by atoms with E-state index in [1.165, 1.54) is 49.1 Å². The van der Waals surface area contributed by atoms with Gasteiger partial charge in [-0.2, -0.15) is 13.2 Å². The number of methoxy groups -OCH3 is 3. The highest BCUT2D eigenvalue weighted by Crippen LogP contribution is 2.45. The van der Waals surface area contributed by atoms with Gasteiger partial charge in [0, 0.05) is 61.0 Å². The molecular weight excluding hydrogens is 651 g/mol. The van der Waals surface area contributed by atoms with Crippen molar-refractivity contribution in [2.45, 2.75) is 43.6 Å². The number of carbonyl (C=O) groups is 1. The van der Waals surface area contributed by atoms with Crippen LogP contribution in [0.2, 0.25) is 0 Å². The van der Waals surface area contributed by atoms with Gasteiger partial charge in [0.15, 0.2) is 11.5 Å². The molecule has 12 nitrogen and oxygen atoms in total. The number of hydrogen-bond acceptors (Lipinski definition) is 9. The fourth-order valence-electron chi connectivity index (χ4n) is 6.06. The van der Waals surface area contributed by atoms with Crippen LogP contribution >= 0.6 is 0 Å². The van der Waals surface area contributed by atoms with E-state index < -0.39 is 40.9 Å². The van der Waals surface area contributed by atoms with Crippen molar-refractivity contribution in [3.05, 3.63) is 82.0 Å². The molecule has 1 aliphatic heterocycles. The number of aryl methyl sites for hydroxylation is 1. The third-order valence-corrected chi connectivity index (χ3v) is 8.68. The third-order valence-electron chi connectivity index (χ3n) is 8.68. The van der Waals surface area contributed by atoms with Crippen LogP contribution in [0.1, 0.15) is 30.4 Å². The number of likely N-dealkylation sites (tertiary alicyclic amines) is 1. The van der Waals surface area contributed by atoms with Gasteiger partial charge in [-0.15, -0.1) is 0 Å². The number of β-amino-alcohol motifs (C(OH)–C–C–N with tert-alkyl or cyclic N) is 1. The molecule has 15 heteroatoms. The lowest BCUT2D eigenvalue weighted by Gasteiger charge is -2.39. The predicted molar refractivity (Wildman–Crippen MR) is 172 cm³/mol. The molecule has 1 atom stereocenters. The van der Waals surface area contributed by atoms with Gasteiger partial charge in [0.25, 0.3) is 5.69 Å². The first-order chi connectivity index (χ1) is 23.3. The van der Waals surface area contributed by atoms with E-state index in [1.54, 1.807) is 36.4 Å². The van der Waals surface area contributed by atoms with E-state index in [2.05, 4.69) is 0 Å². The second-order valence-corrected chi connectivity index (χ2v) is 11.7. The summed E-state index contributed by atoms with van der Waals surface area (Å²) in [5.74, 6) is 0.531. The van der Waals surface area contributed by atoms with Gasteiger partial charge in [0.2, 0.25) is 11.4 Å². The molecule has 0 radical (unpaired) electrons. The Bertz CT molecular complexity index is 1790. The number of benzene rings is 3. The molecule has 1 aliphatic rings. The van der Waals surface area contributed by atoms with Gasteiger partial charge in [0.05, 0.1) is 31.8 Å². The summed E-state index contributed by atoms with van der Waals surface area (Å²) < 4.78 is 68.6. The summed E-state index contributed by atoms with van der Waals surface area (Å²) >= 11 is 0. The maximum atomic E-state index is 15.0. The van der Waals surface area contributed by atoms with Crippen molar-refractivity contribution in [1.82, 2.24) is 9.47 Å². The van der Waals surface area contributed by atoms with Crippen molar-refractivity contribution in [3.63, 3.8) is 0 Å². The van der Waals surface area contributed by atoms with Crippen LogP contribution < -0.4 is 18.9 Å². The normalized spacial score (nSPS) is 15.5. The molecule has 262 valence electrons. The molecule has 1 fully saturated rings. The molecule has 0 amide bonds. The largest absolute Gasteiger partial charge is 0.497 e. The number of aliphatic carboxylic acids is 1. The van der Waals surface area contributed by atoms with Crippen molar-refractivity contribution in [2.75, 3.05) is 41.0 Å². The number of nitrogens with zero attached hydrogens (tertiary/aromatic N) is 3. The van der Waals surface area contributed by atoms with Crippen molar-refractivity contribution in [2.24, 2.45) is 0 Å². The summed E-state index contributed by atoms with van der Waals surface area (Å²) in [5, 5.41) is 32.2. The van der Waals surface area contributed by atoms with Crippen molar-refractivity contribution < 1.29 is 52.0 Å². The monoisotopic (exact) mass is 687 g/mol. The highest BCUT2D eigenvalue weighted by atomic mass is 19.4. The molecule has 5 rings (SSSR count). The quantitative estimate of drug-likeness (QED) is 0.129. The molecule has 0 saturated carbocycles. The maximum absolute atomic E-state index is 15.0. The first kappa shape index (κ1) is 35.3. The van der Waals surface area contributed by atoms with Gasteiger partial charge in [-0.3, -0.25) is 19.8 Å². The zero-order valence-corrected chi connectivity index (χ0v) is 27.0. The van der Waals surface area contributed by atoms with Crippen LogP contribution in [0.3, 0.4) is 0 Å². The minimum absolute atomic E-state index is 0.0189. The molecule has 1 unspecified atom stereocenters. The lowest BCUT2D eigenvalue weighted by atomic mass is 9.91. The molecule has 1 aromatic heterocycles. The van der Waals surface area contributed by atoms with Crippen molar-refractivity contribution >= 4 is 22.6 Å². The molecule has 4 aromatic rings. The number of nitro benzene ring substituents is 1. The predicted octanol–water partition coefficient (Wildman–Crippen LogP) is 5.88. The summed E-state index contributed by atoms with van der Waals surface area (Å²) in [7, 11) is 4.34. The molecule has 3 aromatic carbocycles. The zero-order chi connectivity index (χ0) is 35.5. The molecule has 2 heterocycles. The number of carboxylic acid groups (broad SMARTS) is 1. The van der Waals surface area contributed by atoms with E-state index >= 15 is 0 Å². The molecular formula is C34H36F3N3O9. The Kier molecular flexibility index (Phi) is 10.2. The van der Waals surface area contributed by atoms with E-state index in [1.807, 2.05) is 0 Å². The fourth-order valence-corrected chi connectivity index (χ4v) is 6.06. The summed E-state index contributed by atoms with van der Waals surface area (Å²) in [5.41, 5.74) is -2.86. The first-order valence-corrected chi connectivity index (χ1v) is 15.4. The number of halogens is 3. The standard InChI is InChI=1S/C34H36F3N3O9/c1-46-24-8-5-22(6-9-24)39-19-27(26-10-7-23(40(44)45)18-28(26)39)33(43,34(35,36)37)20-38-14-12-25(13-15-38)49-32-29(47-2)16-21(4-11-31(41)42)17-30(32)48-3/h5-10,16-19,25,43H,4,11-15,20H2,1-3H3,(H,41,42). The number of ether oxygens (including phenoxy) is 4. The minimum atomic E-state index is -5.11. The van der Waals surface area contributed by atoms with Crippen LogP contribution in [0.5, 0.6) is 23.0 Å². The van der Waals surface area contributed by atoms with E-state index in [4.69, 9.17) is 24.1 Å². The third kappa shape index (κ3) is 7.37. The Labute approximate surface area is 279 Å². The minimum Gasteiger partial charge on any atom is -0.497 e. The smallest absolute Gasteiger partial charge is 0.422 e. The Morgan fingerprint density at radius 2 is 1.61 bits per heavy atom. The van der Waals surface area contributed by atoms with Gasteiger partial charge in [0.1, 0.15) is 11.9 Å². The fraction of sp³-hybridized carbons (Fsp3) is 0.382. The number of non-ortho nitro benzene ring substituents is 1. The number of piperidine rings is 1. The van der Waals surface area contributed by atoms with E-state index in [0.29, 0.717) is 47.1 Å². The topological polar surface area (TPSA) is 146 Å². The van der Waals surface area contributed by atoms with E-state index in [0.717, 1.165) is 6.07 Å². The summed E-state index contributed by atoms with van der Waals surface area (Å²) in [6.07, 6.45) is -3.54. The van der Waals surface area contributed by atoms with E-state index in [9.17, 15) is 33.2 Å². The number of aliphatic hydroxyl groups is 1. The van der Waals surface area contributed by atoms with Gasteiger partial charge in [-0.1, -0.05) is 0 Å². The maximum Gasteiger partial charge on any atom is 0.422 e. The Morgan fingerprint density at radius 3 is 2.14 bits per heavy atom. The van der Waals surface area contributed by atoms with Crippen LogP contribution in [0.4, 0.5) is 18.9 Å². The summed E-state index contributed by atoms with van der Waals surface area (Å²) in [6, 6.07) is 13.3. The van der Waals surface area contributed by atoms with Gasteiger partial charge >= 0.3 is 12.1 Å². The zero-order valence-electron chi connectivity index (χ0n) is 27.0. The molecule has 0 bridgehead atoms. The first-order valence-electron chi connectivity index (χ1n) is 15.4. The Morgan fingerprint density at radius 1 is 0.980 bits per heavy atom. The molecule has 0 spiro atoms. The molecule has 2 N–H and O–H groups in total. The number of rotatable bonds is 13. The number of hydrogen-bond donors (Lipinski definition) is 2. The second-order valence-electron chi connectivity index (χ2n) is 11.7. The highest BCUT2D eigenvalue weighted by molar-refractivity contribution is 5.88. The van der Waals surface area contributed by atoms with E-state index in [-0.39, 0.29) is 42.5 Å². The van der Waals surface area contributed by atoms with Crippen molar-refractivity contribution in [1.29, 1.82) is 0 Å². The average Bonchev–Trinajstić information content (AvgIpc) is 3.47. The van der Waals surface area contributed by atoms with Gasteiger partial charge in [-0.25, -0.2) is 0 Å². The van der Waals surface area contributed by atoms with Crippen LogP contribution in [-0.2, 0) is 16.8 Å². The number of nitro groups is 1. The summed E-state index contributed by atoms with van der Waals surface area (Å²) in [6.45, 7) is -0.465. The lowest BCUT2D eigenvalue weighted by molar-refractivity contribution is -0.384. The Hall–Kier alpha value is -5.02. The second kappa shape index (κ2) is 14.2. The lowest BCUT2D eigenvalue weighted by Crippen LogP contribution is -2.53. The highest BCUT2D eigenvalue weighted by Gasteiger charge is 2.57. The number of fused-ring (bicyclic) bond motifs is 1. The van der Waals surface area contributed by atoms with Gasteiger partial charge in [-0.05, 0) is 67.3 Å². The Balaban J connectivity index is 1.41. The summed E-state index contributed by atoms with van der Waals surface area (Å²) in [4.78, 5) is 23.5. The van der Waals surface area contributed by atoms with Gasteiger partial charge < -0.3 is 33.7 Å². The molecule has 0 aliphatic carbocycles. The number of carboxylic acids is 1.